The summed E-state index contributed by atoms with van der Waals surface area (Å²) in [6.07, 6.45) is -3.23. The van der Waals surface area contributed by atoms with E-state index in [0.717, 1.165) is 18.7 Å². The summed E-state index contributed by atoms with van der Waals surface area (Å²) in [6.45, 7) is 4.94. The largest absolute Gasteiger partial charge is 0.416 e. The Labute approximate surface area is 232 Å². The van der Waals surface area contributed by atoms with Crippen molar-refractivity contribution in [1.82, 2.24) is 35.3 Å². The highest BCUT2D eigenvalue weighted by Crippen LogP contribution is 2.34. The van der Waals surface area contributed by atoms with Gasteiger partial charge in [-0.3, -0.25) is 9.48 Å². The maximum Gasteiger partial charge on any atom is 0.416 e. The summed E-state index contributed by atoms with van der Waals surface area (Å²) in [5, 5.41) is 8.99. The molecule has 15 heteroatoms. The van der Waals surface area contributed by atoms with Crippen LogP contribution in [-0.2, 0) is 4.74 Å². The summed E-state index contributed by atoms with van der Waals surface area (Å²) in [5.74, 6) is -3.57. The molecule has 0 bridgehead atoms. The van der Waals surface area contributed by atoms with E-state index in [1.807, 2.05) is 13.8 Å². The second-order valence-electron chi connectivity index (χ2n) is 10.8. The van der Waals surface area contributed by atoms with Crippen LogP contribution in [0.1, 0.15) is 74.6 Å². The molecule has 1 fully saturated rings. The fraction of sp³-hybridized carbons (Fsp3) is 0.538. The number of carbonyl (C=O) groups excluding carboxylic acids is 2. The molecule has 3 aromatic rings. The van der Waals surface area contributed by atoms with E-state index < -0.39 is 61.4 Å². The molecule has 1 aromatic carbocycles. The van der Waals surface area contributed by atoms with Crippen molar-refractivity contribution in [2.75, 3.05) is 19.7 Å². The van der Waals surface area contributed by atoms with Crippen molar-refractivity contribution in [3.05, 3.63) is 47.5 Å². The number of rotatable bonds is 9. The number of carbonyl (C=O) groups is 2. The predicted molar refractivity (Wildman–Crippen MR) is 138 cm³/mol. The lowest BCUT2D eigenvalue weighted by atomic mass is 10.0. The Morgan fingerprint density at radius 3 is 2.56 bits per heavy atom. The number of ether oxygens (including phenoxy) is 1. The molecule has 1 aliphatic rings. The summed E-state index contributed by atoms with van der Waals surface area (Å²) in [5.41, 5.74) is -0.967. The molecular weight excluding hydrogens is 553 g/mol. The van der Waals surface area contributed by atoms with Crippen LogP contribution in [0, 0.1) is 0 Å². The molecule has 0 radical (unpaired) electrons. The zero-order valence-electron chi connectivity index (χ0n) is 23.1. The molecule has 0 spiro atoms. The Morgan fingerprint density at radius 1 is 1.20 bits per heavy atom. The smallest absolute Gasteiger partial charge is 0.364 e. The molecule has 41 heavy (non-hydrogen) atoms. The van der Waals surface area contributed by atoms with Crippen LogP contribution in [0.5, 0.6) is 0 Å². The molecule has 1 aliphatic heterocycles. The van der Waals surface area contributed by atoms with Crippen LogP contribution in [0.25, 0.3) is 11.0 Å². The zero-order chi connectivity index (χ0) is 30.3. The quantitative estimate of drug-likeness (QED) is 0.309. The molecule has 2 aromatic heterocycles. The number of hydrogen-bond donors (Lipinski definition) is 3. The zero-order valence-corrected chi connectivity index (χ0v) is 23.1. The average molecular weight is 586 g/mol. The van der Waals surface area contributed by atoms with Crippen LogP contribution < -0.4 is 10.6 Å². The van der Waals surface area contributed by atoms with Crippen LogP contribution in [0.3, 0.4) is 0 Å². The van der Waals surface area contributed by atoms with E-state index in [9.17, 15) is 31.5 Å². The summed E-state index contributed by atoms with van der Waals surface area (Å²) < 4.78 is 75.1. The molecule has 0 unspecified atom stereocenters. The number of fused-ring (bicyclic) bond motifs is 1. The fourth-order valence-electron chi connectivity index (χ4n) is 4.34. The highest BCUT2D eigenvalue weighted by molar-refractivity contribution is 5.92. The van der Waals surface area contributed by atoms with Crippen molar-refractivity contribution in [2.45, 2.75) is 70.4 Å². The Bertz CT molecular complexity index is 1420. The first-order valence-corrected chi connectivity index (χ1v) is 13.0. The number of imidazole rings is 1. The number of benzene rings is 1. The SMILES string of the molecule is CC(C)n1nccc1C(=O)N[C@@H](COC(C)(C)C(F)(F)F)c1nc2cc([C@@H](C)N3CC(F)(F)CNC3=O)ccc2[nH]1. The van der Waals surface area contributed by atoms with E-state index in [1.54, 1.807) is 25.1 Å². The molecule has 3 N–H and O–H groups in total. The average Bonchev–Trinajstić information content (AvgIpc) is 3.54. The minimum Gasteiger partial charge on any atom is -0.364 e. The van der Waals surface area contributed by atoms with Crippen LogP contribution in [0.2, 0.25) is 0 Å². The van der Waals surface area contributed by atoms with E-state index in [1.165, 1.54) is 16.9 Å². The molecule has 4 rings (SSSR count). The van der Waals surface area contributed by atoms with Gasteiger partial charge in [-0.2, -0.15) is 18.3 Å². The Morgan fingerprint density at radius 2 is 1.90 bits per heavy atom. The summed E-state index contributed by atoms with van der Waals surface area (Å²) in [7, 11) is 0. The van der Waals surface area contributed by atoms with Gasteiger partial charge in [-0.25, -0.2) is 18.6 Å². The highest BCUT2D eigenvalue weighted by atomic mass is 19.4. The lowest BCUT2D eigenvalue weighted by Gasteiger charge is -2.37. The Kier molecular flexibility index (Phi) is 8.04. The number of amides is 3. The minimum atomic E-state index is -4.67. The summed E-state index contributed by atoms with van der Waals surface area (Å²) in [6, 6.07) is 3.69. The molecule has 3 heterocycles. The third kappa shape index (κ3) is 6.44. The van der Waals surface area contributed by atoms with E-state index >= 15 is 0 Å². The number of H-pyrrole nitrogens is 1. The Hall–Kier alpha value is -3.75. The van der Waals surface area contributed by atoms with E-state index in [2.05, 4.69) is 25.7 Å². The van der Waals surface area contributed by atoms with Crippen molar-refractivity contribution in [2.24, 2.45) is 0 Å². The van der Waals surface area contributed by atoms with Gasteiger partial charge in [-0.15, -0.1) is 0 Å². The second-order valence-corrected chi connectivity index (χ2v) is 10.8. The van der Waals surface area contributed by atoms with Gasteiger partial charge in [0.05, 0.1) is 36.8 Å². The first-order chi connectivity index (χ1) is 19.0. The van der Waals surface area contributed by atoms with Crippen molar-refractivity contribution < 1.29 is 36.3 Å². The third-order valence-corrected chi connectivity index (χ3v) is 6.96. The van der Waals surface area contributed by atoms with Crippen molar-refractivity contribution in [3.8, 4) is 0 Å². The number of nitrogens with one attached hydrogen (secondary N) is 3. The molecule has 1 saturated heterocycles. The predicted octanol–water partition coefficient (Wildman–Crippen LogP) is 4.89. The van der Waals surface area contributed by atoms with Crippen molar-refractivity contribution in [3.63, 3.8) is 0 Å². The first-order valence-electron chi connectivity index (χ1n) is 13.0. The molecule has 10 nitrogen and oxygen atoms in total. The standard InChI is InChI=1S/C26H32F5N7O3/c1-14(2)38-20(8-9-33-38)22(39)36-19(11-41-24(4,5)26(29,30)31)21-34-17-7-6-16(10-18(17)35-21)15(3)37-13-25(27,28)12-32-23(37)40/h6-10,14-15,19H,11-13H2,1-5H3,(H,32,40)(H,34,35)(H,36,39)/t15-,19+/m1/s1. The maximum atomic E-state index is 14.0. The van der Waals surface area contributed by atoms with Crippen molar-refractivity contribution >= 4 is 23.0 Å². The van der Waals surface area contributed by atoms with Gasteiger partial charge in [0.2, 0.25) is 0 Å². The van der Waals surface area contributed by atoms with E-state index in [4.69, 9.17) is 4.74 Å². The lowest BCUT2D eigenvalue weighted by molar-refractivity contribution is -0.265. The Balaban J connectivity index is 1.64. The first kappa shape index (κ1) is 30.2. The van der Waals surface area contributed by atoms with Gasteiger partial charge >= 0.3 is 12.2 Å². The monoisotopic (exact) mass is 585 g/mol. The number of urea groups is 1. The summed E-state index contributed by atoms with van der Waals surface area (Å²) in [4.78, 5) is 33.9. The third-order valence-electron chi connectivity index (χ3n) is 6.96. The number of alkyl halides is 5. The van der Waals surface area contributed by atoms with Crippen molar-refractivity contribution in [1.29, 1.82) is 0 Å². The van der Waals surface area contributed by atoms with Gasteiger partial charge in [-0.05, 0) is 58.4 Å². The minimum absolute atomic E-state index is 0.119. The normalized spacial score (nSPS) is 17.5. The number of aromatic amines is 1. The van der Waals surface area contributed by atoms with Crippen LogP contribution >= 0.6 is 0 Å². The van der Waals surface area contributed by atoms with Gasteiger partial charge in [0.25, 0.3) is 11.8 Å². The number of hydrogen-bond acceptors (Lipinski definition) is 5. The lowest BCUT2D eigenvalue weighted by Crippen LogP contribution is -2.57. The van der Waals surface area contributed by atoms with Crippen LogP contribution in [0.4, 0.5) is 26.7 Å². The number of aromatic nitrogens is 4. The van der Waals surface area contributed by atoms with Gasteiger partial charge in [-0.1, -0.05) is 6.07 Å². The fourth-order valence-corrected chi connectivity index (χ4v) is 4.34. The molecule has 0 aliphatic carbocycles. The number of nitrogens with zero attached hydrogens (tertiary/aromatic N) is 4. The molecule has 0 saturated carbocycles. The van der Waals surface area contributed by atoms with Crippen LogP contribution in [-0.4, -0.2) is 74.0 Å². The molecule has 2 atom stereocenters. The molecule has 3 amide bonds. The van der Waals surface area contributed by atoms with E-state index in [0.29, 0.717) is 16.6 Å². The maximum absolute atomic E-state index is 14.0. The summed E-state index contributed by atoms with van der Waals surface area (Å²) >= 11 is 0. The van der Waals surface area contributed by atoms with Gasteiger partial charge in [0, 0.05) is 12.2 Å². The van der Waals surface area contributed by atoms with Gasteiger partial charge < -0.3 is 25.3 Å². The molecule has 224 valence electrons. The molecular formula is C26H32F5N7O3. The topological polar surface area (TPSA) is 117 Å². The van der Waals surface area contributed by atoms with Crippen LogP contribution in [0.15, 0.2) is 30.5 Å². The van der Waals surface area contributed by atoms with Gasteiger partial charge in [0.15, 0.2) is 5.60 Å². The van der Waals surface area contributed by atoms with E-state index in [-0.39, 0.29) is 17.6 Å². The second kappa shape index (κ2) is 10.9. The highest BCUT2D eigenvalue weighted by Gasteiger charge is 2.49. The number of halogens is 5. The van der Waals surface area contributed by atoms with Gasteiger partial charge in [0.1, 0.15) is 17.6 Å².